The van der Waals surface area contributed by atoms with Crippen molar-refractivity contribution in [2.75, 3.05) is 20.1 Å². The Labute approximate surface area is 66.5 Å². The molecule has 4 nitrogen and oxygen atoms in total. The molecule has 0 aromatic heterocycles. The van der Waals surface area contributed by atoms with E-state index in [1.807, 2.05) is 7.05 Å². The molecule has 0 bridgehead atoms. The molecule has 11 heavy (non-hydrogen) atoms. The molecule has 5 N–H and O–H groups in total. The zero-order valence-electron chi connectivity index (χ0n) is 6.75. The first kappa shape index (κ1) is 8.52. The topological polar surface area (TPSA) is 75.5 Å². The summed E-state index contributed by atoms with van der Waals surface area (Å²) in [6.07, 6.45) is -0.0938. The van der Waals surface area contributed by atoms with Crippen LogP contribution in [0.1, 0.15) is 6.42 Å². The van der Waals surface area contributed by atoms with Crippen LogP contribution in [0.4, 0.5) is 0 Å². The Kier molecular flexibility index (Phi) is 2.49. The number of hydrogen-bond donors (Lipinski definition) is 3. The first-order chi connectivity index (χ1) is 5.11. The Hall–Kier alpha value is -0.580. The summed E-state index contributed by atoms with van der Waals surface area (Å²) in [5, 5.41) is 9.06. The first-order valence-electron chi connectivity index (χ1n) is 3.71. The molecule has 64 valence electrons. The number of hydrogen-bond acceptors (Lipinski definition) is 4. The van der Waals surface area contributed by atoms with Crippen molar-refractivity contribution in [1.29, 1.82) is 0 Å². The Bertz CT molecular complexity index is 177. The van der Waals surface area contributed by atoms with Crippen molar-refractivity contribution >= 4 is 0 Å². The van der Waals surface area contributed by atoms with Crippen LogP contribution in [0, 0.1) is 0 Å². The largest absolute Gasteiger partial charge is 0.401 e. The predicted molar refractivity (Wildman–Crippen MR) is 43.5 cm³/mol. The third kappa shape index (κ3) is 1.92. The van der Waals surface area contributed by atoms with Crippen LogP contribution in [-0.4, -0.2) is 36.4 Å². The van der Waals surface area contributed by atoms with E-state index in [4.69, 9.17) is 16.6 Å². The van der Waals surface area contributed by atoms with Crippen LogP contribution in [0.3, 0.4) is 0 Å². The summed E-state index contributed by atoms with van der Waals surface area (Å²) in [6, 6.07) is 0. The quantitative estimate of drug-likeness (QED) is 0.418. The van der Waals surface area contributed by atoms with Gasteiger partial charge in [0.2, 0.25) is 0 Å². The fourth-order valence-corrected chi connectivity index (χ4v) is 1.28. The monoisotopic (exact) mass is 157 g/mol. The van der Waals surface area contributed by atoms with Gasteiger partial charge in [-0.2, -0.15) is 0 Å². The Balaban J connectivity index is 2.70. The van der Waals surface area contributed by atoms with Crippen LogP contribution in [0.25, 0.3) is 0 Å². The Morgan fingerprint density at radius 1 is 1.64 bits per heavy atom. The fourth-order valence-electron chi connectivity index (χ4n) is 1.28. The number of nitrogens with zero attached hydrogens (tertiary/aromatic N) is 1. The van der Waals surface area contributed by atoms with Gasteiger partial charge in [-0.15, -0.1) is 0 Å². The summed E-state index contributed by atoms with van der Waals surface area (Å²) in [5.74, 6) is 0. The maximum atomic E-state index is 9.06. The number of rotatable bonds is 1. The standard InChI is InChI=1S/C7H15N3O/c1-10-3-2-5(7(9)11)6(8)4-10/h7,11H,2-4,8-9H2,1H3. The van der Waals surface area contributed by atoms with E-state index in [0.29, 0.717) is 12.2 Å². The van der Waals surface area contributed by atoms with Crippen molar-refractivity contribution < 1.29 is 5.11 Å². The van der Waals surface area contributed by atoms with Crippen molar-refractivity contribution in [1.82, 2.24) is 4.90 Å². The molecule has 0 saturated heterocycles. The number of aliphatic hydroxyl groups is 1. The second kappa shape index (κ2) is 3.21. The van der Waals surface area contributed by atoms with Crippen molar-refractivity contribution in [3.05, 3.63) is 11.3 Å². The van der Waals surface area contributed by atoms with E-state index in [2.05, 4.69) is 4.90 Å². The molecule has 0 radical (unpaired) electrons. The van der Waals surface area contributed by atoms with E-state index >= 15 is 0 Å². The smallest absolute Gasteiger partial charge is 0.126 e. The highest BCUT2D eigenvalue weighted by Crippen LogP contribution is 2.14. The van der Waals surface area contributed by atoms with Crippen LogP contribution < -0.4 is 11.5 Å². The summed E-state index contributed by atoms with van der Waals surface area (Å²) < 4.78 is 0. The highest BCUT2D eigenvalue weighted by atomic mass is 16.3. The van der Waals surface area contributed by atoms with E-state index in [1.54, 1.807) is 0 Å². The molecule has 1 unspecified atom stereocenters. The zero-order chi connectivity index (χ0) is 8.43. The molecule has 0 aromatic rings. The molecule has 1 rings (SSSR count). The zero-order valence-corrected chi connectivity index (χ0v) is 6.75. The summed E-state index contributed by atoms with van der Waals surface area (Å²) in [4.78, 5) is 2.10. The Morgan fingerprint density at radius 2 is 2.27 bits per heavy atom. The molecule has 4 heteroatoms. The number of nitrogens with two attached hydrogens (primary N) is 2. The molecule has 1 atom stereocenters. The first-order valence-corrected chi connectivity index (χ1v) is 3.71. The van der Waals surface area contributed by atoms with Gasteiger partial charge in [0.15, 0.2) is 0 Å². The van der Waals surface area contributed by atoms with Gasteiger partial charge in [-0.1, -0.05) is 0 Å². The molecule has 0 amide bonds. The summed E-state index contributed by atoms with van der Waals surface area (Å²) in [7, 11) is 1.99. The van der Waals surface area contributed by atoms with Crippen LogP contribution in [0.15, 0.2) is 11.3 Å². The lowest BCUT2D eigenvalue weighted by atomic mass is 10.0. The molecule has 0 spiro atoms. The van der Waals surface area contributed by atoms with Gasteiger partial charge in [0.05, 0.1) is 0 Å². The molecule has 0 aliphatic carbocycles. The highest BCUT2D eigenvalue weighted by Gasteiger charge is 2.16. The molecule has 0 fully saturated rings. The minimum Gasteiger partial charge on any atom is -0.401 e. The molecular formula is C7H15N3O. The van der Waals surface area contributed by atoms with Crippen LogP contribution >= 0.6 is 0 Å². The highest BCUT2D eigenvalue weighted by molar-refractivity contribution is 5.18. The number of aliphatic hydroxyl groups excluding tert-OH is 1. The van der Waals surface area contributed by atoms with Crippen molar-refractivity contribution in [2.45, 2.75) is 12.6 Å². The van der Waals surface area contributed by atoms with Crippen molar-refractivity contribution in [2.24, 2.45) is 11.5 Å². The van der Waals surface area contributed by atoms with E-state index in [9.17, 15) is 0 Å². The third-order valence-corrected chi connectivity index (χ3v) is 1.97. The van der Waals surface area contributed by atoms with Gasteiger partial charge >= 0.3 is 0 Å². The lowest BCUT2D eigenvalue weighted by molar-refractivity contribution is 0.201. The Morgan fingerprint density at radius 3 is 2.73 bits per heavy atom. The number of likely N-dealkylation sites (N-methyl/N-ethyl adjacent to an activating group) is 1. The maximum absolute atomic E-state index is 9.06. The van der Waals surface area contributed by atoms with Crippen molar-refractivity contribution in [3.8, 4) is 0 Å². The third-order valence-electron chi connectivity index (χ3n) is 1.97. The van der Waals surface area contributed by atoms with Gasteiger partial charge in [-0.3, -0.25) is 0 Å². The molecule has 0 aromatic carbocycles. The van der Waals surface area contributed by atoms with Gasteiger partial charge in [-0.25, -0.2) is 0 Å². The predicted octanol–water partition coefficient (Wildman–Crippen LogP) is -1.19. The van der Waals surface area contributed by atoms with Crippen LogP contribution in [-0.2, 0) is 0 Å². The molecule has 1 aliphatic rings. The molecule has 0 saturated carbocycles. The normalized spacial score (nSPS) is 23.9. The van der Waals surface area contributed by atoms with E-state index in [1.165, 1.54) is 0 Å². The van der Waals surface area contributed by atoms with Gasteiger partial charge in [0.25, 0.3) is 0 Å². The van der Waals surface area contributed by atoms with Gasteiger partial charge in [0.1, 0.15) is 6.23 Å². The minimum atomic E-state index is -0.872. The van der Waals surface area contributed by atoms with Crippen LogP contribution in [0.2, 0.25) is 0 Å². The van der Waals surface area contributed by atoms with E-state index in [-0.39, 0.29) is 0 Å². The summed E-state index contributed by atoms with van der Waals surface area (Å²) >= 11 is 0. The lowest BCUT2D eigenvalue weighted by Crippen LogP contribution is -2.36. The summed E-state index contributed by atoms with van der Waals surface area (Å²) in [5.41, 5.74) is 12.5. The van der Waals surface area contributed by atoms with E-state index < -0.39 is 6.23 Å². The average Bonchev–Trinajstić information content (AvgIpc) is 1.85. The molecular weight excluding hydrogens is 142 g/mol. The summed E-state index contributed by atoms with van der Waals surface area (Å²) in [6.45, 7) is 1.63. The average molecular weight is 157 g/mol. The second-order valence-electron chi connectivity index (χ2n) is 2.98. The van der Waals surface area contributed by atoms with Gasteiger partial charge in [0, 0.05) is 18.8 Å². The second-order valence-corrected chi connectivity index (χ2v) is 2.98. The SMILES string of the molecule is CN1CCC(C(N)O)=C(N)C1. The fraction of sp³-hybridized carbons (Fsp3) is 0.714. The van der Waals surface area contributed by atoms with E-state index in [0.717, 1.165) is 18.5 Å². The molecule has 1 heterocycles. The minimum absolute atomic E-state index is 0.712. The van der Waals surface area contributed by atoms with Crippen molar-refractivity contribution in [3.63, 3.8) is 0 Å². The van der Waals surface area contributed by atoms with Crippen LogP contribution in [0.5, 0.6) is 0 Å². The van der Waals surface area contributed by atoms with Gasteiger partial charge in [-0.05, 0) is 19.0 Å². The van der Waals surface area contributed by atoms with Gasteiger partial charge < -0.3 is 21.5 Å². The maximum Gasteiger partial charge on any atom is 0.126 e. The lowest BCUT2D eigenvalue weighted by Gasteiger charge is -2.26. The molecule has 1 aliphatic heterocycles.